The molecule has 7 rings (SSSR count). The van der Waals surface area contributed by atoms with Crippen LogP contribution in [-0.4, -0.2) is 74.6 Å². The first kappa shape index (κ1) is 31.3. The lowest BCUT2D eigenvalue weighted by molar-refractivity contribution is -0.190. The van der Waals surface area contributed by atoms with Gasteiger partial charge in [-0.1, -0.05) is 29.3 Å². The molecule has 0 saturated carbocycles. The molecular weight excluding hydrogens is 643 g/mol. The first-order valence-corrected chi connectivity index (χ1v) is 16.1. The summed E-state index contributed by atoms with van der Waals surface area (Å²) in [7, 11) is 1.66. The average molecular weight is 678 g/mol. The Balaban J connectivity index is 0.936. The molecule has 2 saturated heterocycles. The van der Waals surface area contributed by atoms with Crippen molar-refractivity contribution in [1.29, 1.82) is 0 Å². The van der Waals surface area contributed by atoms with Crippen LogP contribution in [0.5, 0.6) is 5.75 Å². The molecule has 2 aliphatic heterocycles. The summed E-state index contributed by atoms with van der Waals surface area (Å²) in [5.74, 6) is 0.254. The van der Waals surface area contributed by atoms with Crippen molar-refractivity contribution in [1.82, 2.24) is 29.1 Å². The smallest absolute Gasteiger partial charge is 0.350 e. The van der Waals surface area contributed by atoms with Crippen molar-refractivity contribution in [2.45, 2.75) is 25.4 Å². The standard InChI is InChI=1S/C33H34Cl2N8O4/c1-23-38-39(2)32(44)43(23)27-6-4-25(5-7-27)40-13-15-41(16-14-40)26-8-10-28(11-9-26)45-18-29-19-46-33(47-29,20-42-22-36-21-37-42)30-12-3-24(34)17-31(30)35/h3-12,17,21-22,29H,13-16,18-20H2,1-2H3/t29-,33?/m1/s1. The van der Waals surface area contributed by atoms with Crippen LogP contribution < -0.4 is 20.2 Å². The molecule has 2 fully saturated rings. The molecular formula is C33H34Cl2N8O4. The molecule has 3 aromatic carbocycles. The highest BCUT2D eigenvalue weighted by Crippen LogP contribution is 2.40. The third-order valence-electron chi connectivity index (χ3n) is 8.51. The maximum Gasteiger partial charge on any atom is 0.350 e. The number of aromatic nitrogens is 6. The molecule has 4 heterocycles. The monoisotopic (exact) mass is 676 g/mol. The third-order valence-corrected chi connectivity index (χ3v) is 9.06. The van der Waals surface area contributed by atoms with Crippen LogP contribution in [0.15, 0.2) is 84.2 Å². The van der Waals surface area contributed by atoms with Gasteiger partial charge in [0.05, 0.1) is 17.3 Å². The number of piperazine rings is 1. The number of aryl methyl sites for hydroxylation is 2. The highest BCUT2D eigenvalue weighted by molar-refractivity contribution is 6.35. The predicted octanol–water partition coefficient (Wildman–Crippen LogP) is 4.45. The maximum atomic E-state index is 12.4. The van der Waals surface area contributed by atoms with Gasteiger partial charge < -0.3 is 24.0 Å². The zero-order valence-corrected chi connectivity index (χ0v) is 27.5. The van der Waals surface area contributed by atoms with Crippen molar-refractivity contribution >= 4 is 34.6 Å². The minimum atomic E-state index is -1.16. The van der Waals surface area contributed by atoms with Gasteiger partial charge in [0, 0.05) is 55.2 Å². The van der Waals surface area contributed by atoms with E-state index in [1.807, 2.05) is 37.3 Å². The van der Waals surface area contributed by atoms with Gasteiger partial charge in [0.2, 0.25) is 5.79 Å². The van der Waals surface area contributed by atoms with Crippen LogP contribution >= 0.6 is 23.2 Å². The molecule has 47 heavy (non-hydrogen) atoms. The Kier molecular flexibility index (Phi) is 8.67. The number of nitrogens with zero attached hydrogens (tertiary/aromatic N) is 8. The first-order chi connectivity index (χ1) is 22.8. The molecule has 12 nitrogen and oxygen atoms in total. The van der Waals surface area contributed by atoms with Crippen LogP contribution in [0.4, 0.5) is 11.4 Å². The zero-order valence-electron chi connectivity index (χ0n) is 26.0. The second kappa shape index (κ2) is 13.0. The van der Waals surface area contributed by atoms with E-state index < -0.39 is 5.79 Å². The molecule has 2 atom stereocenters. The number of halogens is 2. The molecule has 0 radical (unpaired) electrons. The molecule has 14 heteroatoms. The molecule has 5 aromatic rings. The SMILES string of the molecule is Cc1nn(C)c(=O)n1-c1ccc(N2CCN(c3ccc(OC[C@@H]4COC(Cn5cncn5)(c5ccc(Cl)cc5Cl)O4)cc3)CC2)cc1. The zero-order chi connectivity index (χ0) is 32.5. The van der Waals surface area contributed by atoms with Gasteiger partial charge in [0.25, 0.3) is 0 Å². The van der Waals surface area contributed by atoms with Gasteiger partial charge in [-0.25, -0.2) is 23.7 Å². The van der Waals surface area contributed by atoms with E-state index in [2.05, 4.69) is 49.2 Å². The molecule has 2 aromatic heterocycles. The normalized spacial score (nSPS) is 19.8. The Morgan fingerprint density at radius 2 is 1.60 bits per heavy atom. The van der Waals surface area contributed by atoms with Crippen molar-refractivity contribution in [3.05, 3.63) is 111 Å². The van der Waals surface area contributed by atoms with Crippen LogP contribution in [0.3, 0.4) is 0 Å². The Morgan fingerprint density at radius 3 is 2.19 bits per heavy atom. The lowest BCUT2D eigenvalue weighted by atomic mass is 10.1. The number of ether oxygens (including phenoxy) is 3. The summed E-state index contributed by atoms with van der Waals surface area (Å²) in [6.45, 7) is 6.27. The van der Waals surface area contributed by atoms with Crippen molar-refractivity contribution < 1.29 is 14.2 Å². The summed E-state index contributed by atoms with van der Waals surface area (Å²) in [6.07, 6.45) is 2.74. The molecule has 244 valence electrons. The Bertz CT molecular complexity index is 1890. The van der Waals surface area contributed by atoms with Crippen molar-refractivity contribution in [2.24, 2.45) is 7.05 Å². The van der Waals surface area contributed by atoms with E-state index in [0.29, 0.717) is 34.6 Å². The summed E-state index contributed by atoms with van der Waals surface area (Å²) < 4.78 is 23.5. The molecule has 1 unspecified atom stereocenters. The molecule has 0 amide bonds. The number of anilines is 2. The van der Waals surface area contributed by atoms with E-state index in [1.54, 1.807) is 34.8 Å². The minimum Gasteiger partial charge on any atom is -0.491 e. The number of hydrogen-bond donors (Lipinski definition) is 0. The second-order valence-electron chi connectivity index (χ2n) is 11.6. The van der Waals surface area contributed by atoms with E-state index in [4.69, 9.17) is 37.4 Å². The van der Waals surface area contributed by atoms with Gasteiger partial charge in [0.1, 0.15) is 43.5 Å². The third kappa shape index (κ3) is 6.46. The lowest BCUT2D eigenvalue weighted by Crippen LogP contribution is -2.46. The fraction of sp³-hybridized carbons (Fsp3) is 0.333. The van der Waals surface area contributed by atoms with Crippen LogP contribution in [0.25, 0.3) is 5.69 Å². The van der Waals surface area contributed by atoms with Crippen molar-refractivity contribution in [3.8, 4) is 11.4 Å². The van der Waals surface area contributed by atoms with Crippen molar-refractivity contribution in [3.63, 3.8) is 0 Å². The fourth-order valence-electron chi connectivity index (χ4n) is 6.15. The van der Waals surface area contributed by atoms with Gasteiger partial charge in [-0.3, -0.25) is 0 Å². The second-order valence-corrected chi connectivity index (χ2v) is 12.4. The van der Waals surface area contributed by atoms with E-state index in [1.165, 1.54) is 11.0 Å². The maximum absolute atomic E-state index is 12.4. The number of rotatable bonds is 9. The van der Waals surface area contributed by atoms with E-state index in [0.717, 1.165) is 49.0 Å². The molecule has 0 spiro atoms. The van der Waals surface area contributed by atoms with Crippen LogP contribution in [0, 0.1) is 6.92 Å². The number of hydrogen-bond acceptors (Lipinski definition) is 9. The summed E-state index contributed by atoms with van der Waals surface area (Å²) in [5, 5.41) is 9.42. The molecule has 0 aliphatic carbocycles. The lowest BCUT2D eigenvalue weighted by Gasteiger charge is -2.37. The van der Waals surface area contributed by atoms with Crippen LogP contribution in [0.2, 0.25) is 10.0 Å². The van der Waals surface area contributed by atoms with E-state index in [9.17, 15) is 4.79 Å². The highest BCUT2D eigenvalue weighted by atomic mass is 35.5. The van der Waals surface area contributed by atoms with Crippen LogP contribution in [-0.2, 0) is 28.9 Å². The average Bonchev–Trinajstić information content (AvgIpc) is 3.80. The van der Waals surface area contributed by atoms with E-state index in [-0.39, 0.29) is 18.3 Å². The topological polar surface area (TPSA) is 105 Å². The van der Waals surface area contributed by atoms with Gasteiger partial charge in [0.15, 0.2) is 0 Å². The first-order valence-electron chi connectivity index (χ1n) is 15.3. The summed E-state index contributed by atoms with van der Waals surface area (Å²) in [5.41, 5.74) is 3.60. The highest BCUT2D eigenvalue weighted by Gasteiger charge is 2.45. The summed E-state index contributed by atoms with van der Waals surface area (Å²) in [6, 6.07) is 21.5. The van der Waals surface area contributed by atoms with Gasteiger partial charge >= 0.3 is 5.69 Å². The summed E-state index contributed by atoms with van der Waals surface area (Å²) in [4.78, 5) is 21.2. The minimum absolute atomic E-state index is 0.151. The quantitative estimate of drug-likeness (QED) is 0.224. The Morgan fingerprint density at radius 1 is 0.936 bits per heavy atom. The van der Waals surface area contributed by atoms with E-state index >= 15 is 0 Å². The Hall–Kier alpha value is -4.36. The van der Waals surface area contributed by atoms with Gasteiger partial charge in [-0.2, -0.15) is 10.2 Å². The van der Waals surface area contributed by atoms with Crippen molar-refractivity contribution in [2.75, 3.05) is 49.2 Å². The van der Waals surface area contributed by atoms with Crippen LogP contribution in [0.1, 0.15) is 11.4 Å². The molecule has 2 aliphatic rings. The largest absolute Gasteiger partial charge is 0.491 e. The fourth-order valence-corrected chi connectivity index (χ4v) is 6.70. The summed E-state index contributed by atoms with van der Waals surface area (Å²) >= 11 is 12.7. The van der Waals surface area contributed by atoms with Gasteiger partial charge in [-0.15, -0.1) is 0 Å². The Labute approximate surface area is 281 Å². The molecule has 0 bridgehead atoms. The predicted molar refractivity (Wildman–Crippen MR) is 179 cm³/mol. The van der Waals surface area contributed by atoms with Gasteiger partial charge in [-0.05, 0) is 67.6 Å². The molecule has 0 N–H and O–H groups in total. The number of benzene rings is 3.